The molecule has 2 aliphatic rings. The Morgan fingerprint density at radius 3 is 2.39 bits per heavy atom. The lowest BCUT2D eigenvalue weighted by molar-refractivity contribution is -0.144. The predicted molar refractivity (Wildman–Crippen MR) is 87.2 cm³/mol. The summed E-state index contributed by atoms with van der Waals surface area (Å²) < 4.78 is 10.9. The highest BCUT2D eigenvalue weighted by Gasteiger charge is 2.45. The molecule has 1 aliphatic heterocycles. The Labute approximate surface area is 137 Å². The first-order chi connectivity index (χ1) is 11.0. The molecule has 0 unspecified atom stereocenters. The van der Waals surface area contributed by atoms with Gasteiger partial charge in [-0.05, 0) is 62.4 Å². The lowest BCUT2D eigenvalue weighted by Crippen LogP contribution is -2.51. The first kappa shape index (κ1) is 16.1. The van der Waals surface area contributed by atoms with Crippen molar-refractivity contribution in [3.05, 3.63) is 23.3 Å². The minimum absolute atomic E-state index is 0.0704. The lowest BCUT2D eigenvalue weighted by Gasteiger charge is -2.50. The van der Waals surface area contributed by atoms with Gasteiger partial charge in [0.2, 0.25) is 0 Å². The van der Waals surface area contributed by atoms with Crippen molar-refractivity contribution in [2.75, 3.05) is 27.8 Å². The molecule has 1 spiro atoms. The minimum atomic E-state index is -0.661. The zero-order valence-corrected chi connectivity index (χ0v) is 14.1. The number of methoxy groups -OCH3 is 2. The van der Waals surface area contributed by atoms with E-state index in [4.69, 9.17) is 9.47 Å². The summed E-state index contributed by atoms with van der Waals surface area (Å²) in [4.78, 5) is 13.7. The van der Waals surface area contributed by atoms with Gasteiger partial charge < -0.3 is 14.6 Å². The second kappa shape index (κ2) is 6.04. The van der Waals surface area contributed by atoms with Gasteiger partial charge in [-0.3, -0.25) is 9.69 Å². The van der Waals surface area contributed by atoms with E-state index in [1.165, 1.54) is 11.1 Å². The average molecular weight is 319 g/mol. The third-order valence-electron chi connectivity index (χ3n) is 5.72. The number of carboxylic acids is 1. The maximum atomic E-state index is 11.3. The largest absolute Gasteiger partial charge is 0.493 e. The number of ether oxygens (including phenoxy) is 2. The highest BCUT2D eigenvalue weighted by Crippen LogP contribution is 2.49. The zero-order chi connectivity index (χ0) is 16.6. The molecule has 1 aromatic rings. The molecule has 1 fully saturated rings. The summed E-state index contributed by atoms with van der Waals surface area (Å²) in [6.45, 7) is 0.986. The maximum absolute atomic E-state index is 11.3. The van der Waals surface area contributed by atoms with Crippen LogP contribution in [0.15, 0.2) is 12.1 Å². The monoisotopic (exact) mass is 319 g/mol. The Morgan fingerprint density at radius 2 is 1.83 bits per heavy atom. The van der Waals surface area contributed by atoms with Gasteiger partial charge in [0, 0.05) is 12.1 Å². The number of carbonyl (C=O) groups is 1. The molecule has 126 valence electrons. The van der Waals surface area contributed by atoms with Crippen LogP contribution in [0, 0.1) is 5.92 Å². The van der Waals surface area contributed by atoms with E-state index in [1.807, 2.05) is 0 Å². The predicted octanol–water partition coefficient (Wildman–Crippen LogP) is 2.66. The second-order valence-electron chi connectivity index (χ2n) is 6.68. The summed E-state index contributed by atoms with van der Waals surface area (Å²) >= 11 is 0. The van der Waals surface area contributed by atoms with E-state index >= 15 is 0 Å². The summed E-state index contributed by atoms with van der Waals surface area (Å²) in [5.41, 5.74) is 2.52. The summed E-state index contributed by atoms with van der Waals surface area (Å²) in [5, 5.41) is 9.29. The molecule has 5 heteroatoms. The number of benzene rings is 1. The van der Waals surface area contributed by atoms with Crippen LogP contribution in [0.1, 0.15) is 36.8 Å². The van der Waals surface area contributed by atoms with Crippen LogP contribution < -0.4 is 9.47 Å². The average Bonchev–Trinajstić information content (AvgIpc) is 2.57. The summed E-state index contributed by atoms with van der Waals surface area (Å²) in [5.74, 6) is 0.650. The van der Waals surface area contributed by atoms with Gasteiger partial charge in [0.25, 0.3) is 0 Å². The molecule has 1 N–H and O–H groups in total. The fourth-order valence-corrected chi connectivity index (χ4v) is 4.26. The van der Waals surface area contributed by atoms with E-state index in [9.17, 15) is 9.90 Å². The summed E-state index contributed by atoms with van der Waals surface area (Å²) in [6, 6.07) is 4.19. The normalized spacial score (nSPS) is 27.5. The third kappa shape index (κ3) is 2.57. The van der Waals surface area contributed by atoms with Gasteiger partial charge in [0.05, 0.1) is 20.1 Å². The first-order valence-electron chi connectivity index (χ1n) is 8.21. The van der Waals surface area contributed by atoms with Gasteiger partial charge >= 0.3 is 5.97 Å². The Bertz CT molecular complexity index is 605. The molecule has 23 heavy (non-hydrogen) atoms. The third-order valence-corrected chi connectivity index (χ3v) is 5.72. The van der Waals surface area contributed by atoms with E-state index < -0.39 is 5.97 Å². The molecule has 0 atom stereocenters. The Morgan fingerprint density at radius 1 is 1.22 bits per heavy atom. The van der Waals surface area contributed by atoms with Gasteiger partial charge in [-0.1, -0.05) is 0 Å². The number of aliphatic carboxylic acids is 1. The van der Waals surface area contributed by atoms with Crippen LogP contribution in [0.4, 0.5) is 0 Å². The number of likely N-dealkylation sites (N-methyl/N-ethyl adjacent to an activating group) is 1. The first-order valence-corrected chi connectivity index (χ1v) is 8.21. The zero-order valence-electron chi connectivity index (χ0n) is 14.1. The molecule has 1 heterocycles. The SMILES string of the molecule is COc1cc2c(cc1OC)[C@]1(CC[C@H](C(=O)O)CC1)N(C)CC2. The van der Waals surface area contributed by atoms with Crippen LogP contribution >= 0.6 is 0 Å². The maximum Gasteiger partial charge on any atom is 0.306 e. The second-order valence-corrected chi connectivity index (χ2v) is 6.68. The number of hydrogen-bond acceptors (Lipinski definition) is 4. The molecule has 0 bridgehead atoms. The fraction of sp³-hybridized carbons (Fsp3) is 0.611. The molecule has 0 aromatic heterocycles. The van der Waals surface area contributed by atoms with Crippen molar-refractivity contribution in [1.82, 2.24) is 4.90 Å². The molecule has 0 saturated heterocycles. The van der Waals surface area contributed by atoms with Crippen molar-refractivity contribution in [2.24, 2.45) is 5.92 Å². The molecular formula is C18H25NO4. The van der Waals surface area contributed by atoms with Crippen molar-refractivity contribution >= 4 is 5.97 Å². The van der Waals surface area contributed by atoms with Crippen molar-refractivity contribution in [2.45, 2.75) is 37.6 Å². The quantitative estimate of drug-likeness (QED) is 0.928. The number of nitrogens with zero attached hydrogens (tertiary/aromatic N) is 1. The molecule has 3 rings (SSSR count). The summed E-state index contributed by atoms with van der Waals surface area (Å²) in [6.07, 6.45) is 4.20. The number of hydrogen-bond donors (Lipinski definition) is 1. The van der Waals surface area contributed by atoms with Gasteiger partial charge in [0.1, 0.15) is 0 Å². The molecular weight excluding hydrogens is 294 g/mol. The van der Waals surface area contributed by atoms with E-state index in [1.54, 1.807) is 14.2 Å². The molecule has 1 saturated carbocycles. The number of fused-ring (bicyclic) bond motifs is 2. The van der Waals surface area contributed by atoms with Crippen LogP contribution in [0.25, 0.3) is 0 Å². The standard InChI is InChI=1S/C18H25NO4/c1-19-9-6-13-10-15(22-2)16(23-3)11-14(13)18(19)7-4-12(5-8-18)17(20)21/h10-12H,4-9H2,1-3H3,(H,20,21)/t12-,18+. The van der Waals surface area contributed by atoms with E-state index in [0.29, 0.717) is 0 Å². The van der Waals surface area contributed by atoms with Crippen LogP contribution in [0.3, 0.4) is 0 Å². The van der Waals surface area contributed by atoms with Gasteiger partial charge in [-0.25, -0.2) is 0 Å². The van der Waals surface area contributed by atoms with Crippen molar-refractivity contribution < 1.29 is 19.4 Å². The highest BCUT2D eigenvalue weighted by molar-refractivity contribution is 5.70. The van der Waals surface area contributed by atoms with Crippen molar-refractivity contribution in [3.63, 3.8) is 0 Å². The van der Waals surface area contributed by atoms with Gasteiger partial charge in [-0.2, -0.15) is 0 Å². The lowest BCUT2D eigenvalue weighted by atomic mass is 9.68. The van der Waals surface area contributed by atoms with Crippen LogP contribution in [-0.4, -0.2) is 43.8 Å². The molecule has 0 radical (unpaired) electrons. The Hall–Kier alpha value is -1.75. The number of carboxylic acid groups (broad SMARTS) is 1. The van der Waals surface area contributed by atoms with Gasteiger partial charge in [-0.15, -0.1) is 0 Å². The molecule has 0 amide bonds. The molecule has 1 aromatic carbocycles. The van der Waals surface area contributed by atoms with E-state index in [0.717, 1.165) is 50.1 Å². The van der Waals surface area contributed by atoms with Crippen LogP contribution in [0.5, 0.6) is 11.5 Å². The smallest absolute Gasteiger partial charge is 0.306 e. The van der Waals surface area contributed by atoms with Crippen molar-refractivity contribution in [3.8, 4) is 11.5 Å². The Balaban J connectivity index is 2.01. The van der Waals surface area contributed by atoms with Crippen molar-refractivity contribution in [1.29, 1.82) is 0 Å². The van der Waals surface area contributed by atoms with E-state index in [2.05, 4.69) is 24.1 Å². The van der Waals surface area contributed by atoms with E-state index in [-0.39, 0.29) is 11.5 Å². The summed E-state index contributed by atoms with van der Waals surface area (Å²) in [7, 11) is 5.47. The molecule has 1 aliphatic carbocycles. The highest BCUT2D eigenvalue weighted by atomic mass is 16.5. The van der Waals surface area contributed by atoms with Crippen LogP contribution in [-0.2, 0) is 16.8 Å². The molecule has 5 nitrogen and oxygen atoms in total. The van der Waals surface area contributed by atoms with Gasteiger partial charge in [0.15, 0.2) is 11.5 Å². The topological polar surface area (TPSA) is 59.0 Å². The van der Waals surface area contributed by atoms with Crippen LogP contribution in [0.2, 0.25) is 0 Å². The minimum Gasteiger partial charge on any atom is -0.493 e. The number of rotatable bonds is 3. The fourth-order valence-electron chi connectivity index (χ4n) is 4.26. The Kier molecular flexibility index (Phi) is 4.23.